The highest BCUT2D eigenvalue weighted by molar-refractivity contribution is 6.63. The predicted octanol–water partition coefficient (Wildman–Crippen LogP) is -3.30. The minimum atomic E-state index is -1.54. The molecule has 14 heavy (non-hydrogen) atoms. The van der Waals surface area contributed by atoms with Gasteiger partial charge in [0, 0.05) is 0 Å². The zero-order chi connectivity index (χ0) is 11.0. The van der Waals surface area contributed by atoms with Gasteiger partial charge < -0.3 is 5.11 Å². The number of aromatic carboxylic acids is 1. The summed E-state index contributed by atoms with van der Waals surface area (Å²) in [7, 11) is 21.1. The average molecular weight is 179 g/mol. The molecule has 2 nitrogen and oxygen atoms in total. The van der Waals surface area contributed by atoms with Gasteiger partial charge in [-0.25, -0.2) is 9.18 Å². The summed E-state index contributed by atoms with van der Waals surface area (Å²) in [5, 5.41) is 8.61. The van der Waals surface area contributed by atoms with Gasteiger partial charge in [0.1, 0.15) is 37.2 Å². The summed E-state index contributed by atoms with van der Waals surface area (Å²) >= 11 is 0. The maximum absolute atomic E-state index is 13.2. The quantitative estimate of drug-likeness (QED) is 0.459. The van der Waals surface area contributed by atoms with E-state index in [-0.39, 0.29) is 10.9 Å². The van der Waals surface area contributed by atoms with Crippen LogP contribution in [-0.2, 0) is 0 Å². The van der Waals surface area contributed by atoms with Crippen LogP contribution in [0.25, 0.3) is 0 Å². The van der Waals surface area contributed by atoms with Crippen molar-refractivity contribution in [3.63, 3.8) is 0 Å². The van der Waals surface area contributed by atoms with Gasteiger partial charge in [0.15, 0.2) is 0 Å². The van der Waals surface area contributed by atoms with Crippen LogP contribution in [0.3, 0.4) is 0 Å². The van der Waals surface area contributed by atoms with E-state index in [9.17, 15) is 9.18 Å². The standard InChI is InChI=1S/C7HB4FO2/c8-2-1(7(13)14)6(12)5(11)4(10)3(2)9/h(H,13,14). The Labute approximate surface area is 85.5 Å². The van der Waals surface area contributed by atoms with E-state index in [2.05, 4.69) is 0 Å². The van der Waals surface area contributed by atoms with E-state index >= 15 is 0 Å². The molecule has 60 valence electrons. The van der Waals surface area contributed by atoms with Crippen molar-refractivity contribution in [2.75, 3.05) is 0 Å². The average Bonchev–Trinajstić information content (AvgIpc) is 2.11. The minimum absolute atomic E-state index is 0.221. The molecule has 8 radical (unpaired) electrons. The Morgan fingerprint density at radius 1 is 1.00 bits per heavy atom. The lowest BCUT2D eigenvalue weighted by Crippen LogP contribution is -2.51. The molecule has 0 amide bonds. The topological polar surface area (TPSA) is 37.3 Å². The lowest BCUT2D eigenvalue weighted by molar-refractivity contribution is 0.0694. The molecule has 0 spiro atoms. The van der Waals surface area contributed by atoms with Crippen molar-refractivity contribution in [1.82, 2.24) is 0 Å². The van der Waals surface area contributed by atoms with E-state index in [0.717, 1.165) is 0 Å². The number of hydrogen-bond donors (Lipinski definition) is 1. The molecule has 1 N–H and O–H groups in total. The summed E-state index contributed by atoms with van der Waals surface area (Å²) in [6.07, 6.45) is 0. The number of carboxylic acids is 1. The molecule has 0 aliphatic heterocycles. The number of rotatable bonds is 1. The van der Waals surface area contributed by atoms with Crippen molar-refractivity contribution in [3.8, 4) is 0 Å². The van der Waals surface area contributed by atoms with Crippen LogP contribution in [0.15, 0.2) is 0 Å². The van der Waals surface area contributed by atoms with Gasteiger partial charge in [0.05, 0.1) is 5.56 Å². The highest BCUT2D eigenvalue weighted by atomic mass is 19.1. The van der Waals surface area contributed by atoms with Crippen molar-refractivity contribution in [2.45, 2.75) is 0 Å². The lowest BCUT2D eigenvalue weighted by atomic mass is 9.65. The van der Waals surface area contributed by atoms with Crippen LogP contribution in [0.2, 0.25) is 0 Å². The fourth-order valence-electron chi connectivity index (χ4n) is 1.01. The number of hydrogen-bond acceptors (Lipinski definition) is 1. The van der Waals surface area contributed by atoms with Crippen molar-refractivity contribution in [3.05, 3.63) is 11.4 Å². The Hall–Kier alpha value is -1.12. The van der Waals surface area contributed by atoms with Gasteiger partial charge in [-0.15, -0.1) is 10.9 Å². The van der Waals surface area contributed by atoms with Gasteiger partial charge in [0.2, 0.25) is 0 Å². The molecule has 0 fully saturated rings. The number of carbonyl (C=O) groups is 1. The normalized spacial score (nSPS) is 10.1. The Bertz CT molecular complexity index is 390. The lowest BCUT2D eigenvalue weighted by Gasteiger charge is -2.14. The molecule has 0 aromatic heterocycles. The van der Waals surface area contributed by atoms with Gasteiger partial charge in [-0.2, -0.15) is 0 Å². The van der Waals surface area contributed by atoms with Gasteiger partial charge in [0.25, 0.3) is 0 Å². The van der Waals surface area contributed by atoms with Gasteiger partial charge in [-0.05, 0) is 0 Å². The highest BCUT2D eigenvalue weighted by Crippen LogP contribution is 1.97. The first-order valence-electron chi connectivity index (χ1n) is 3.52. The molecular formula is C7HB4FO2. The highest BCUT2D eigenvalue weighted by Gasteiger charge is 2.18. The third-order valence-electron chi connectivity index (χ3n) is 1.81. The second-order valence-electron chi connectivity index (χ2n) is 2.65. The molecule has 1 aromatic carbocycles. The van der Waals surface area contributed by atoms with Gasteiger partial charge >= 0.3 is 5.97 Å². The molecular weight excluding hydrogens is 178 g/mol. The second-order valence-corrected chi connectivity index (χ2v) is 2.65. The molecule has 0 aliphatic rings. The molecule has 0 heterocycles. The fraction of sp³-hybridized carbons (Fsp3) is 0. The number of carboxylic acid groups (broad SMARTS) is 1. The maximum atomic E-state index is 13.2. The first kappa shape index (κ1) is 11.0. The molecule has 0 saturated heterocycles. The van der Waals surface area contributed by atoms with Gasteiger partial charge in [-0.3, -0.25) is 0 Å². The van der Waals surface area contributed by atoms with Crippen molar-refractivity contribution < 1.29 is 14.3 Å². The van der Waals surface area contributed by atoms with Crippen molar-refractivity contribution in [1.29, 1.82) is 0 Å². The van der Waals surface area contributed by atoms with E-state index in [1.165, 1.54) is 0 Å². The summed E-state index contributed by atoms with van der Waals surface area (Å²) < 4.78 is 13.2. The molecule has 7 heteroatoms. The Kier molecular flexibility index (Phi) is 2.78. The summed E-state index contributed by atoms with van der Waals surface area (Å²) in [5.74, 6) is -2.71. The van der Waals surface area contributed by atoms with Crippen molar-refractivity contribution in [2.24, 2.45) is 0 Å². The van der Waals surface area contributed by atoms with Gasteiger partial charge in [-0.1, -0.05) is 10.9 Å². The largest absolute Gasteiger partial charge is 0.478 e. The molecule has 0 bridgehead atoms. The maximum Gasteiger partial charge on any atom is 0.338 e. The predicted molar refractivity (Wildman–Crippen MR) is 54.9 cm³/mol. The zero-order valence-corrected chi connectivity index (χ0v) is 7.04. The molecule has 1 rings (SSSR count). The van der Waals surface area contributed by atoms with Crippen LogP contribution in [-0.4, -0.2) is 42.5 Å². The fourth-order valence-corrected chi connectivity index (χ4v) is 1.01. The van der Waals surface area contributed by atoms with E-state index in [1.807, 2.05) is 0 Å². The van der Waals surface area contributed by atoms with Crippen LogP contribution in [0.5, 0.6) is 0 Å². The van der Waals surface area contributed by atoms with Crippen molar-refractivity contribution >= 4 is 59.2 Å². The summed E-state index contributed by atoms with van der Waals surface area (Å²) in [6.45, 7) is 0. The second kappa shape index (κ2) is 3.56. The van der Waals surface area contributed by atoms with Crippen LogP contribution < -0.4 is 21.9 Å². The Balaban J connectivity index is 3.68. The van der Waals surface area contributed by atoms with E-state index in [4.69, 9.17) is 36.5 Å². The number of benzene rings is 1. The molecule has 0 aliphatic carbocycles. The molecule has 1 aromatic rings. The van der Waals surface area contributed by atoms with Crippen LogP contribution in [0, 0.1) is 5.82 Å². The van der Waals surface area contributed by atoms with E-state index in [0.29, 0.717) is 0 Å². The van der Waals surface area contributed by atoms with Crippen LogP contribution >= 0.6 is 0 Å². The Morgan fingerprint density at radius 3 is 1.86 bits per heavy atom. The third-order valence-corrected chi connectivity index (χ3v) is 1.81. The molecule has 0 unspecified atom stereocenters. The first-order valence-corrected chi connectivity index (χ1v) is 3.52. The Morgan fingerprint density at radius 2 is 1.43 bits per heavy atom. The zero-order valence-electron chi connectivity index (χ0n) is 7.04. The summed E-state index contributed by atoms with van der Waals surface area (Å²) in [4.78, 5) is 10.6. The van der Waals surface area contributed by atoms with E-state index in [1.54, 1.807) is 0 Å². The first-order chi connectivity index (χ1) is 6.37. The number of halogens is 1. The van der Waals surface area contributed by atoms with Crippen LogP contribution in [0.4, 0.5) is 4.39 Å². The smallest absolute Gasteiger partial charge is 0.338 e. The molecule has 0 atom stereocenters. The van der Waals surface area contributed by atoms with Crippen LogP contribution in [0.1, 0.15) is 10.4 Å². The molecule has 0 saturated carbocycles. The monoisotopic (exact) mass is 180 g/mol. The third kappa shape index (κ3) is 1.47. The SMILES string of the molecule is [B]c1c([B])c([B])c(C(=O)O)c(F)c1[B]. The summed E-state index contributed by atoms with van der Waals surface area (Å²) in [5.41, 5.74) is -2.14. The minimum Gasteiger partial charge on any atom is -0.478 e. The van der Waals surface area contributed by atoms with E-state index < -0.39 is 28.3 Å². The summed E-state index contributed by atoms with van der Waals surface area (Å²) in [6, 6.07) is 0.